The Hall–Kier alpha value is -4.39. The zero-order chi connectivity index (χ0) is 30.2. The summed E-state index contributed by atoms with van der Waals surface area (Å²) in [6.07, 6.45) is 5.87. The van der Waals surface area contributed by atoms with Gasteiger partial charge in [0.25, 0.3) is 5.91 Å². The van der Waals surface area contributed by atoms with Gasteiger partial charge in [0.1, 0.15) is 23.1 Å². The summed E-state index contributed by atoms with van der Waals surface area (Å²) in [7, 11) is 1.59. The van der Waals surface area contributed by atoms with Crippen molar-refractivity contribution >= 4 is 22.7 Å². The Morgan fingerprint density at radius 2 is 1.89 bits per heavy atom. The maximum atomic E-state index is 13.5. The van der Waals surface area contributed by atoms with Crippen LogP contribution >= 0.6 is 0 Å². The normalized spacial score (nSPS) is 22.0. The van der Waals surface area contributed by atoms with Gasteiger partial charge in [0.15, 0.2) is 5.58 Å². The van der Waals surface area contributed by atoms with Crippen molar-refractivity contribution in [3.05, 3.63) is 65.9 Å². The Morgan fingerprint density at radius 1 is 1.05 bits per heavy atom. The Kier molecular flexibility index (Phi) is 7.71. The minimum absolute atomic E-state index is 0.0182. The van der Waals surface area contributed by atoms with Crippen LogP contribution in [0.2, 0.25) is 0 Å². The van der Waals surface area contributed by atoms with Crippen LogP contribution in [-0.4, -0.2) is 66.5 Å². The van der Waals surface area contributed by atoms with Gasteiger partial charge in [0.2, 0.25) is 0 Å². The molecule has 2 aromatic carbocycles. The number of rotatable bonds is 6. The highest BCUT2D eigenvalue weighted by atomic mass is 16.5. The van der Waals surface area contributed by atoms with E-state index in [0.717, 1.165) is 74.2 Å². The molecule has 0 spiro atoms. The zero-order valence-corrected chi connectivity index (χ0v) is 24.8. The summed E-state index contributed by atoms with van der Waals surface area (Å²) in [5.41, 5.74) is 5.67. The monoisotopic (exact) mass is 592 g/mol. The van der Waals surface area contributed by atoms with E-state index in [0.29, 0.717) is 52.1 Å². The molecule has 1 amide bonds. The quantitative estimate of drug-likeness (QED) is 0.285. The summed E-state index contributed by atoms with van der Waals surface area (Å²) in [6.45, 7) is 2.87. The fourth-order valence-corrected chi connectivity index (χ4v) is 7.07. The highest BCUT2D eigenvalue weighted by molar-refractivity contribution is 5.97. The molecule has 1 aliphatic carbocycles. The summed E-state index contributed by atoms with van der Waals surface area (Å²) in [5.74, 6) is 1.93. The molecule has 3 aliphatic rings. The summed E-state index contributed by atoms with van der Waals surface area (Å²) >= 11 is 0. The molecule has 9 nitrogen and oxygen atoms in total. The molecule has 2 N–H and O–H groups in total. The SMILES string of the molecule is COc1cc(C(=O)N2CC3CC[C@H](O)C[C@@H]3C2)ccc1-c1cc2nccc(-c3ccc(NC4CCOCC4)c(C#N)c3)c2o1. The second kappa shape index (κ2) is 11.9. The molecule has 3 atom stereocenters. The second-order valence-electron chi connectivity index (χ2n) is 12.2. The first kappa shape index (κ1) is 28.4. The van der Waals surface area contributed by atoms with Gasteiger partial charge in [-0.2, -0.15) is 5.26 Å². The van der Waals surface area contributed by atoms with E-state index in [9.17, 15) is 15.2 Å². The van der Waals surface area contributed by atoms with Crippen LogP contribution in [0, 0.1) is 23.2 Å². The van der Waals surface area contributed by atoms with Crippen molar-refractivity contribution in [3.63, 3.8) is 0 Å². The number of likely N-dealkylation sites (tertiary alicyclic amines) is 1. The molecule has 4 heterocycles. The first-order valence-corrected chi connectivity index (χ1v) is 15.4. The average Bonchev–Trinajstić information content (AvgIpc) is 3.69. The fourth-order valence-electron chi connectivity index (χ4n) is 7.07. The number of anilines is 1. The number of ether oxygens (including phenoxy) is 2. The summed E-state index contributed by atoms with van der Waals surface area (Å²) in [4.78, 5) is 19.9. The van der Waals surface area contributed by atoms with Gasteiger partial charge >= 0.3 is 0 Å². The lowest BCUT2D eigenvalue weighted by atomic mass is 9.80. The predicted molar refractivity (Wildman–Crippen MR) is 166 cm³/mol. The van der Waals surface area contributed by atoms with Crippen LogP contribution < -0.4 is 10.1 Å². The van der Waals surface area contributed by atoms with E-state index in [2.05, 4.69) is 16.4 Å². The van der Waals surface area contributed by atoms with Gasteiger partial charge in [-0.15, -0.1) is 0 Å². The lowest BCUT2D eigenvalue weighted by Crippen LogP contribution is -2.29. The average molecular weight is 593 g/mol. The van der Waals surface area contributed by atoms with Crippen LogP contribution in [0.25, 0.3) is 33.6 Å². The summed E-state index contributed by atoms with van der Waals surface area (Å²) in [6, 6.07) is 17.7. The smallest absolute Gasteiger partial charge is 0.254 e. The second-order valence-corrected chi connectivity index (χ2v) is 12.2. The van der Waals surface area contributed by atoms with Crippen molar-refractivity contribution in [1.29, 1.82) is 5.26 Å². The van der Waals surface area contributed by atoms with Crippen LogP contribution in [-0.2, 0) is 4.74 Å². The van der Waals surface area contributed by atoms with Crippen LogP contribution in [0.5, 0.6) is 5.75 Å². The molecule has 2 aliphatic heterocycles. The van der Waals surface area contributed by atoms with E-state index >= 15 is 0 Å². The number of nitrogens with zero attached hydrogens (tertiary/aromatic N) is 3. The number of fused-ring (bicyclic) bond motifs is 2. The van der Waals surface area contributed by atoms with E-state index in [4.69, 9.17) is 13.9 Å². The highest BCUT2D eigenvalue weighted by Gasteiger charge is 2.39. The topological polar surface area (TPSA) is 121 Å². The number of benzene rings is 2. The van der Waals surface area contributed by atoms with E-state index in [1.54, 1.807) is 19.4 Å². The van der Waals surface area contributed by atoms with Gasteiger partial charge in [-0.1, -0.05) is 6.07 Å². The first-order valence-electron chi connectivity index (χ1n) is 15.4. The molecule has 1 unspecified atom stereocenters. The van der Waals surface area contributed by atoms with Crippen molar-refractivity contribution in [1.82, 2.24) is 9.88 Å². The molecule has 226 valence electrons. The summed E-state index contributed by atoms with van der Waals surface area (Å²) < 4.78 is 17.6. The largest absolute Gasteiger partial charge is 0.496 e. The maximum Gasteiger partial charge on any atom is 0.254 e. The first-order chi connectivity index (χ1) is 21.5. The van der Waals surface area contributed by atoms with Crippen LogP contribution in [0.3, 0.4) is 0 Å². The number of aromatic nitrogens is 1. The standard InChI is InChI=1S/C35H36N4O5/c1-42-32-16-22(35(41)39-19-23-2-5-27(40)15-25(23)20-39)3-6-29(32)33-17-31-34(44-33)28(8-11-37-31)21-4-7-30(24(14-21)18-36)38-26-9-12-43-13-10-26/h3-4,6-8,11,14,16-17,23,25-27,38,40H,2,5,9-10,12-13,15,19-20H2,1H3/t23?,25-,27+/m1/s1. The predicted octanol–water partition coefficient (Wildman–Crippen LogP) is 5.87. The van der Waals surface area contributed by atoms with Gasteiger partial charge < -0.3 is 29.2 Å². The van der Waals surface area contributed by atoms with E-state index in [1.807, 2.05) is 47.4 Å². The number of methoxy groups -OCH3 is 1. The van der Waals surface area contributed by atoms with Gasteiger partial charge in [-0.3, -0.25) is 9.78 Å². The van der Waals surface area contributed by atoms with Crippen molar-refractivity contribution in [2.45, 2.75) is 44.2 Å². The molecule has 0 bridgehead atoms. The Labute approximate surface area is 256 Å². The molecular formula is C35H36N4O5. The van der Waals surface area contributed by atoms with E-state index < -0.39 is 0 Å². The van der Waals surface area contributed by atoms with Crippen molar-refractivity contribution in [2.75, 3.05) is 38.7 Å². The lowest BCUT2D eigenvalue weighted by Gasteiger charge is -2.27. The fraction of sp³-hybridized carbons (Fsp3) is 0.400. The number of pyridine rings is 1. The number of aliphatic hydroxyl groups excluding tert-OH is 1. The molecular weight excluding hydrogens is 556 g/mol. The number of aliphatic hydroxyl groups is 1. The molecule has 2 aromatic heterocycles. The molecule has 2 saturated heterocycles. The van der Waals surface area contributed by atoms with E-state index in [-0.39, 0.29) is 18.1 Å². The number of carbonyl (C=O) groups excluding carboxylic acids is 1. The number of carbonyl (C=O) groups is 1. The Balaban J connectivity index is 1.15. The van der Waals surface area contributed by atoms with Crippen LogP contribution in [0.1, 0.15) is 48.0 Å². The minimum atomic E-state index is -0.253. The minimum Gasteiger partial charge on any atom is -0.496 e. The number of amides is 1. The van der Waals surface area contributed by atoms with Crippen molar-refractivity contribution in [3.8, 4) is 34.3 Å². The third-order valence-electron chi connectivity index (χ3n) is 9.47. The Bertz CT molecular complexity index is 1740. The van der Waals surface area contributed by atoms with Crippen LogP contribution in [0.15, 0.2) is 59.1 Å². The number of hydrogen-bond donors (Lipinski definition) is 2. The van der Waals surface area contributed by atoms with E-state index in [1.165, 1.54) is 0 Å². The summed E-state index contributed by atoms with van der Waals surface area (Å²) in [5, 5.41) is 23.5. The molecule has 4 aromatic rings. The van der Waals surface area contributed by atoms with Gasteiger partial charge in [0.05, 0.1) is 30.0 Å². The third-order valence-corrected chi connectivity index (χ3v) is 9.47. The number of furan rings is 1. The molecule has 9 heteroatoms. The van der Waals surface area contributed by atoms with Gasteiger partial charge in [0, 0.05) is 55.7 Å². The molecule has 44 heavy (non-hydrogen) atoms. The van der Waals surface area contributed by atoms with Crippen molar-refractivity contribution in [2.24, 2.45) is 11.8 Å². The number of nitrogens with one attached hydrogen (secondary N) is 1. The third kappa shape index (κ3) is 5.40. The maximum absolute atomic E-state index is 13.5. The molecule has 1 saturated carbocycles. The number of nitriles is 1. The zero-order valence-electron chi connectivity index (χ0n) is 24.8. The lowest BCUT2D eigenvalue weighted by molar-refractivity contribution is 0.0775. The Morgan fingerprint density at radius 3 is 2.70 bits per heavy atom. The molecule has 0 radical (unpaired) electrons. The number of hydrogen-bond acceptors (Lipinski definition) is 8. The van der Waals surface area contributed by atoms with Crippen LogP contribution in [0.4, 0.5) is 5.69 Å². The van der Waals surface area contributed by atoms with Gasteiger partial charge in [-0.25, -0.2) is 0 Å². The highest BCUT2D eigenvalue weighted by Crippen LogP contribution is 2.40. The van der Waals surface area contributed by atoms with Gasteiger partial charge in [-0.05, 0) is 85.9 Å². The molecule has 7 rings (SSSR count). The molecule has 3 fully saturated rings. The van der Waals surface area contributed by atoms with Crippen molar-refractivity contribution < 1.29 is 23.8 Å².